The molecule has 1 aromatic rings. The summed E-state index contributed by atoms with van der Waals surface area (Å²) in [5, 5.41) is 0. The number of hydrogen-bond acceptors (Lipinski definition) is 3. The summed E-state index contributed by atoms with van der Waals surface area (Å²) in [7, 11) is -1.08. The van der Waals surface area contributed by atoms with Crippen LogP contribution in [0.4, 0.5) is 5.69 Å². The molecule has 0 heterocycles. The van der Waals surface area contributed by atoms with Crippen molar-refractivity contribution in [3.63, 3.8) is 0 Å². The van der Waals surface area contributed by atoms with Gasteiger partial charge in [-0.05, 0) is 24.6 Å². The van der Waals surface area contributed by atoms with Crippen LogP contribution < -0.4 is 5.73 Å². The van der Waals surface area contributed by atoms with E-state index in [9.17, 15) is 4.21 Å². The minimum atomic E-state index is -1.08. The molecule has 0 bridgehead atoms. The molecule has 2 N–H and O–H groups in total. The lowest BCUT2D eigenvalue weighted by molar-refractivity contribution is 0.150. The number of benzene rings is 1. The van der Waals surface area contributed by atoms with E-state index in [1.54, 1.807) is 12.1 Å². The summed E-state index contributed by atoms with van der Waals surface area (Å²) in [6.45, 7) is 3.27. The summed E-state index contributed by atoms with van der Waals surface area (Å²) < 4.78 is 18.1. The Morgan fingerprint density at radius 2 is 2.19 bits per heavy atom. The highest BCUT2D eigenvalue weighted by Gasteiger charge is 2.07. The largest absolute Gasteiger partial charge is 0.398 e. The highest BCUT2D eigenvalue weighted by atomic mass is 79.9. The quantitative estimate of drug-likeness (QED) is 0.649. The molecule has 3 nitrogen and oxygen atoms in total. The zero-order valence-corrected chi connectivity index (χ0v) is 11.6. The Labute approximate surface area is 107 Å². The summed E-state index contributed by atoms with van der Waals surface area (Å²) in [6.07, 6.45) is 0.979. The normalized spacial score (nSPS) is 12.6. The second-order valence-corrected chi connectivity index (χ2v) is 5.80. The van der Waals surface area contributed by atoms with Crippen molar-refractivity contribution in [2.45, 2.75) is 18.2 Å². The van der Waals surface area contributed by atoms with Crippen LogP contribution in [-0.2, 0) is 15.5 Å². The van der Waals surface area contributed by atoms with E-state index in [-0.39, 0.29) is 0 Å². The van der Waals surface area contributed by atoms with Gasteiger partial charge in [0.05, 0.1) is 28.1 Å². The number of anilines is 1. The third-order valence-corrected chi connectivity index (χ3v) is 3.87. The van der Waals surface area contributed by atoms with Crippen LogP contribution in [0.3, 0.4) is 0 Å². The Balaban J connectivity index is 2.53. The van der Waals surface area contributed by atoms with Crippen molar-refractivity contribution >= 4 is 32.4 Å². The van der Waals surface area contributed by atoms with Gasteiger partial charge in [0.1, 0.15) is 0 Å². The molecule has 0 spiro atoms. The van der Waals surface area contributed by atoms with E-state index >= 15 is 0 Å². The predicted molar refractivity (Wildman–Crippen MR) is 70.9 cm³/mol. The van der Waals surface area contributed by atoms with E-state index in [4.69, 9.17) is 10.5 Å². The standard InChI is InChI=1S/C11H16BrNO2S/c1-2-5-15-6-7-16(14)11-4-3-9(12)8-10(11)13/h3-4,8H,2,5-7,13H2,1H3. The summed E-state index contributed by atoms with van der Waals surface area (Å²) in [5.41, 5.74) is 6.35. The SMILES string of the molecule is CCCOCCS(=O)c1ccc(Br)cc1N. The molecule has 0 radical (unpaired) electrons. The Morgan fingerprint density at radius 3 is 2.81 bits per heavy atom. The van der Waals surface area contributed by atoms with Crippen molar-refractivity contribution in [2.75, 3.05) is 24.7 Å². The third-order valence-electron chi connectivity index (χ3n) is 1.98. The summed E-state index contributed by atoms with van der Waals surface area (Å²) in [4.78, 5) is 0.684. The van der Waals surface area contributed by atoms with Crippen molar-refractivity contribution in [1.29, 1.82) is 0 Å². The number of halogens is 1. The van der Waals surface area contributed by atoms with Crippen molar-refractivity contribution in [3.05, 3.63) is 22.7 Å². The molecule has 16 heavy (non-hydrogen) atoms. The fourth-order valence-electron chi connectivity index (χ4n) is 1.22. The zero-order chi connectivity index (χ0) is 12.0. The van der Waals surface area contributed by atoms with Crippen LogP contribution in [0.15, 0.2) is 27.6 Å². The first-order chi connectivity index (χ1) is 7.65. The number of nitrogen functional groups attached to an aromatic ring is 1. The first-order valence-corrected chi connectivity index (χ1v) is 7.27. The number of rotatable bonds is 6. The van der Waals surface area contributed by atoms with Crippen molar-refractivity contribution in [3.8, 4) is 0 Å². The molecule has 0 saturated heterocycles. The second kappa shape index (κ2) is 7.04. The molecular weight excluding hydrogens is 290 g/mol. The van der Waals surface area contributed by atoms with E-state index in [1.807, 2.05) is 13.0 Å². The molecule has 1 unspecified atom stereocenters. The summed E-state index contributed by atoms with van der Waals surface area (Å²) in [5.74, 6) is 0.492. The minimum absolute atomic E-state index is 0.492. The molecule has 0 amide bonds. The molecule has 1 atom stereocenters. The van der Waals surface area contributed by atoms with Gasteiger partial charge in [-0.1, -0.05) is 22.9 Å². The van der Waals surface area contributed by atoms with Crippen molar-refractivity contribution in [1.82, 2.24) is 0 Å². The van der Waals surface area contributed by atoms with Gasteiger partial charge in [-0.15, -0.1) is 0 Å². The Hall–Kier alpha value is -0.390. The smallest absolute Gasteiger partial charge is 0.0619 e. The maximum Gasteiger partial charge on any atom is 0.0619 e. The summed E-state index contributed by atoms with van der Waals surface area (Å²) >= 11 is 3.31. The summed E-state index contributed by atoms with van der Waals surface area (Å²) in [6, 6.07) is 5.39. The van der Waals surface area contributed by atoms with E-state index < -0.39 is 10.8 Å². The molecule has 90 valence electrons. The van der Waals surface area contributed by atoms with Crippen LogP contribution in [-0.4, -0.2) is 23.2 Å². The fourth-order valence-corrected chi connectivity index (χ4v) is 2.63. The zero-order valence-electron chi connectivity index (χ0n) is 9.24. The van der Waals surface area contributed by atoms with E-state index in [2.05, 4.69) is 15.9 Å². The van der Waals surface area contributed by atoms with Crippen molar-refractivity contribution < 1.29 is 8.95 Å². The number of nitrogens with two attached hydrogens (primary N) is 1. The van der Waals surface area contributed by atoms with Crippen LogP contribution in [0.5, 0.6) is 0 Å². The van der Waals surface area contributed by atoms with Gasteiger partial charge in [0.25, 0.3) is 0 Å². The van der Waals surface area contributed by atoms with Gasteiger partial charge < -0.3 is 10.5 Å². The molecule has 0 aliphatic heterocycles. The molecule has 0 aliphatic carbocycles. The van der Waals surface area contributed by atoms with E-state index in [0.29, 0.717) is 29.5 Å². The molecule has 0 fully saturated rings. The van der Waals surface area contributed by atoms with Gasteiger partial charge in [0.2, 0.25) is 0 Å². The lowest BCUT2D eigenvalue weighted by Crippen LogP contribution is -2.08. The molecule has 0 aliphatic rings. The topological polar surface area (TPSA) is 52.3 Å². The van der Waals surface area contributed by atoms with Crippen LogP contribution in [0.25, 0.3) is 0 Å². The third kappa shape index (κ3) is 4.23. The predicted octanol–water partition coefficient (Wildman–Crippen LogP) is 2.57. The Morgan fingerprint density at radius 1 is 1.44 bits per heavy atom. The number of ether oxygens (including phenoxy) is 1. The average molecular weight is 306 g/mol. The fraction of sp³-hybridized carbons (Fsp3) is 0.455. The second-order valence-electron chi connectivity index (χ2n) is 3.34. The van der Waals surface area contributed by atoms with Crippen LogP contribution in [0.1, 0.15) is 13.3 Å². The maximum absolute atomic E-state index is 11.9. The molecular formula is C11H16BrNO2S. The van der Waals surface area contributed by atoms with Gasteiger partial charge >= 0.3 is 0 Å². The van der Waals surface area contributed by atoms with Crippen LogP contribution in [0.2, 0.25) is 0 Å². The van der Waals surface area contributed by atoms with Gasteiger partial charge in [-0.25, -0.2) is 0 Å². The highest BCUT2D eigenvalue weighted by Crippen LogP contribution is 2.21. The lowest BCUT2D eigenvalue weighted by Gasteiger charge is -2.06. The molecule has 5 heteroatoms. The van der Waals surface area contributed by atoms with Crippen LogP contribution in [0, 0.1) is 0 Å². The maximum atomic E-state index is 11.9. The Kier molecular flexibility index (Phi) is 6.01. The van der Waals surface area contributed by atoms with Gasteiger partial charge in [-0.2, -0.15) is 0 Å². The number of hydrogen-bond donors (Lipinski definition) is 1. The lowest BCUT2D eigenvalue weighted by atomic mass is 10.3. The molecule has 0 saturated carbocycles. The van der Waals surface area contributed by atoms with E-state index in [1.165, 1.54) is 0 Å². The Bertz CT molecular complexity index is 371. The first-order valence-electron chi connectivity index (χ1n) is 5.16. The molecule has 1 rings (SSSR count). The van der Waals surface area contributed by atoms with Gasteiger partial charge in [0, 0.05) is 16.8 Å². The molecule has 0 aromatic heterocycles. The monoisotopic (exact) mass is 305 g/mol. The minimum Gasteiger partial charge on any atom is -0.398 e. The highest BCUT2D eigenvalue weighted by molar-refractivity contribution is 9.10. The van der Waals surface area contributed by atoms with Gasteiger partial charge in [-0.3, -0.25) is 4.21 Å². The average Bonchev–Trinajstić information content (AvgIpc) is 2.24. The molecule has 1 aromatic carbocycles. The van der Waals surface area contributed by atoms with E-state index in [0.717, 1.165) is 10.9 Å². The van der Waals surface area contributed by atoms with Crippen LogP contribution >= 0.6 is 15.9 Å². The van der Waals surface area contributed by atoms with Crippen molar-refractivity contribution in [2.24, 2.45) is 0 Å². The van der Waals surface area contributed by atoms with Gasteiger partial charge in [0.15, 0.2) is 0 Å². The first kappa shape index (κ1) is 13.7.